The number of benzene rings is 1. The van der Waals surface area contributed by atoms with E-state index in [0.29, 0.717) is 12.4 Å². The second-order valence-corrected chi connectivity index (χ2v) is 5.72. The van der Waals surface area contributed by atoms with E-state index >= 15 is 0 Å². The third-order valence-electron chi connectivity index (χ3n) is 3.37. The minimum atomic E-state index is -0.385. The molecule has 0 radical (unpaired) electrons. The standard InChI is InChI=1S/C16H25NO3S/c1-14-9-10-16(15(13-14)17(18)19)20-11-7-5-3-2-4-6-8-12-21/h9-10,13,21H,2-8,11-12H2,1H3. The van der Waals surface area contributed by atoms with Crippen LogP contribution in [0.5, 0.6) is 5.75 Å². The number of hydrogen-bond acceptors (Lipinski definition) is 4. The molecule has 0 saturated heterocycles. The minimum absolute atomic E-state index is 0.0572. The van der Waals surface area contributed by atoms with Crippen LogP contribution < -0.4 is 4.74 Å². The molecule has 0 fully saturated rings. The summed E-state index contributed by atoms with van der Waals surface area (Å²) >= 11 is 4.19. The van der Waals surface area contributed by atoms with E-state index in [9.17, 15) is 10.1 Å². The van der Waals surface area contributed by atoms with E-state index in [0.717, 1.165) is 24.2 Å². The number of unbranched alkanes of at least 4 members (excludes halogenated alkanes) is 6. The number of rotatable bonds is 11. The highest BCUT2D eigenvalue weighted by Crippen LogP contribution is 2.27. The van der Waals surface area contributed by atoms with Crippen LogP contribution in [-0.2, 0) is 0 Å². The average Bonchev–Trinajstić information content (AvgIpc) is 2.46. The van der Waals surface area contributed by atoms with E-state index in [1.807, 2.05) is 13.0 Å². The van der Waals surface area contributed by atoms with Gasteiger partial charge in [-0.15, -0.1) is 0 Å². The summed E-state index contributed by atoms with van der Waals surface area (Å²) in [6.07, 6.45) is 8.23. The molecule has 1 rings (SSSR count). The molecule has 0 aliphatic carbocycles. The molecule has 21 heavy (non-hydrogen) atoms. The van der Waals surface area contributed by atoms with Crippen LogP contribution in [-0.4, -0.2) is 17.3 Å². The Balaban J connectivity index is 2.20. The first-order valence-corrected chi connectivity index (χ1v) is 8.27. The van der Waals surface area contributed by atoms with Crippen molar-refractivity contribution in [2.45, 2.75) is 51.9 Å². The Morgan fingerprint density at radius 2 is 1.71 bits per heavy atom. The number of thiol groups is 1. The Kier molecular flexibility index (Phi) is 8.90. The highest BCUT2D eigenvalue weighted by Gasteiger charge is 2.14. The zero-order valence-corrected chi connectivity index (χ0v) is 13.6. The molecule has 0 aromatic heterocycles. The fourth-order valence-corrected chi connectivity index (χ4v) is 2.40. The smallest absolute Gasteiger partial charge is 0.311 e. The zero-order valence-electron chi connectivity index (χ0n) is 12.7. The van der Waals surface area contributed by atoms with E-state index < -0.39 is 0 Å². The monoisotopic (exact) mass is 311 g/mol. The van der Waals surface area contributed by atoms with Crippen LogP contribution in [0.1, 0.15) is 50.5 Å². The quantitative estimate of drug-likeness (QED) is 0.272. The van der Waals surface area contributed by atoms with Gasteiger partial charge in [-0.2, -0.15) is 12.6 Å². The Bertz CT molecular complexity index is 438. The van der Waals surface area contributed by atoms with Gasteiger partial charge in [0.25, 0.3) is 0 Å². The normalized spacial score (nSPS) is 10.6. The molecule has 1 aromatic rings. The second kappa shape index (κ2) is 10.5. The summed E-state index contributed by atoms with van der Waals surface area (Å²) in [6.45, 7) is 2.38. The fourth-order valence-electron chi connectivity index (χ4n) is 2.17. The van der Waals surface area contributed by atoms with Gasteiger partial charge >= 0.3 is 5.69 Å². The van der Waals surface area contributed by atoms with Gasteiger partial charge in [0.1, 0.15) is 0 Å². The predicted molar refractivity (Wildman–Crippen MR) is 89.5 cm³/mol. The summed E-state index contributed by atoms with van der Waals surface area (Å²) in [7, 11) is 0. The first-order chi connectivity index (χ1) is 10.1. The summed E-state index contributed by atoms with van der Waals surface area (Å²) in [4.78, 5) is 10.6. The molecular weight excluding hydrogens is 286 g/mol. The second-order valence-electron chi connectivity index (χ2n) is 5.28. The maximum absolute atomic E-state index is 11.0. The van der Waals surface area contributed by atoms with Crippen molar-refractivity contribution in [3.05, 3.63) is 33.9 Å². The van der Waals surface area contributed by atoms with Crippen LogP contribution in [0, 0.1) is 17.0 Å². The van der Waals surface area contributed by atoms with Crippen LogP contribution >= 0.6 is 12.6 Å². The Morgan fingerprint density at radius 1 is 1.10 bits per heavy atom. The lowest BCUT2D eigenvalue weighted by Gasteiger charge is -2.07. The lowest BCUT2D eigenvalue weighted by Crippen LogP contribution is -2.01. The summed E-state index contributed by atoms with van der Waals surface area (Å²) in [5, 5.41) is 11.0. The van der Waals surface area contributed by atoms with Gasteiger partial charge in [0, 0.05) is 6.07 Å². The van der Waals surface area contributed by atoms with E-state index in [1.54, 1.807) is 12.1 Å². The van der Waals surface area contributed by atoms with Crippen molar-refractivity contribution in [3.63, 3.8) is 0 Å². The molecule has 0 aliphatic rings. The summed E-state index contributed by atoms with van der Waals surface area (Å²) in [5.41, 5.74) is 0.928. The third-order valence-corrected chi connectivity index (χ3v) is 3.69. The molecule has 0 aliphatic heterocycles. The van der Waals surface area contributed by atoms with Gasteiger partial charge in [-0.1, -0.05) is 38.2 Å². The Morgan fingerprint density at radius 3 is 2.33 bits per heavy atom. The molecule has 0 unspecified atom stereocenters. The molecule has 0 spiro atoms. The Hall–Kier alpha value is -1.23. The highest BCUT2D eigenvalue weighted by molar-refractivity contribution is 7.80. The van der Waals surface area contributed by atoms with Crippen LogP contribution in [0.25, 0.3) is 0 Å². The van der Waals surface area contributed by atoms with Crippen molar-refractivity contribution in [1.29, 1.82) is 0 Å². The first kappa shape index (κ1) is 17.8. The maximum Gasteiger partial charge on any atom is 0.311 e. The summed E-state index contributed by atoms with van der Waals surface area (Å²) in [5.74, 6) is 1.35. The molecule has 0 amide bonds. The van der Waals surface area contributed by atoms with E-state index in [-0.39, 0.29) is 10.6 Å². The predicted octanol–water partition coefficient (Wildman–Crippen LogP) is 4.94. The van der Waals surface area contributed by atoms with Gasteiger partial charge in [0.15, 0.2) is 5.75 Å². The molecule has 118 valence electrons. The third kappa shape index (κ3) is 7.37. The molecule has 5 heteroatoms. The SMILES string of the molecule is Cc1ccc(OCCCCCCCCCS)c([N+](=O)[O-])c1. The van der Waals surface area contributed by atoms with Crippen molar-refractivity contribution in [1.82, 2.24) is 0 Å². The van der Waals surface area contributed by atoms with Crippen molar-refractivity contribution >= 4 is 18.3 Å². The molecule has 0 atom stereocenters. The van der Waals surface area contributed by atoms with Crippen molar-refractivity contribution in [2.75, 3.05) is 12.4 Å². The van der Waals surface area contributed by atoms with Crippen LogP contribution in [0.15, 0.2) is 18.2 Å². The maximum atomic E-state index is 11.0. The first-order valence-electron chi connectivity index (χ1n) is 7.64. The Labute approximate surface area is 132 Å². The van der Waals surface area contributed by atoms with E-state index in [2.05, 4.69) is 12.6 Å². The zero-order chi connectivity index (χ0) is 15.5. The van der Waals surface area contributed by atoms with E-state index in [4.69, 9.17) is 4.74 Å². The lowest BCUT2D eigenvalue weighted by molar-refractivity contribution is -0.385. The highest BCUT2D eigenvalue weighted by atomic mass is 32.1. The molecule has 0 heterocycles. The van der Waals surface area contributed by atoms with Gasteiger partial charge < -0.3 is 4.74 Å². The summed E-state index contributed by atoms with van der Waals surface area (Å²) in [6, 6.07) is 5.07. The van der Waals surface area contributed by atoms with Crippen molar-refractivity contribution in [2.24, 2.45) is 0 Å². The van der Waals surface area contributed by atoms with Crippen LogP contribution in [0.3, 0.4) is 0 Å². The van der Waals surface area contributed by atoms with E-state index in [1.165, 1.54) is 32.1 Å². The topological polar surface area (TPSA) is 52.4 Å². The number of nitro benzene ring substituents is 1. The number of nitro groups is 1. The van der Waals surface area contributed by atoms with Crippen molar-refractivity contribution in [3.8, 4) is 5.75 Å². The minimum Gasteiger partial charge on any atom is -0.487 e. The van der Waals surface area contributed by atoms with Gasteiger partial charge in [-0.25, -0.2) is 0 Å². The molecule has 0 N–H and O–H groups in total. The lowest BCUT2D eigenvalue weighted by atomic mass is 10.1. The van der Waals surface area contributed by atoms with Gasteiger partial charge in [-0.05, 0) is 37.1 Å². The van der Waals surface area contributed by atoms with Crippen LogP contribution in [0.4, 0.5) is 5.69 Å². The number of aryl methyl sites for hydroxylation is 1. The molecule has 0 saturated carbocycles. The van der Waals surface area contributed by atoms with Gasteiger partial charge in [0.2, 0.25) is 0 Å². The fraction of sp³-hybridized carbons (Fsp3) is 0.625. The number of nitrogens with zero attached hydrogens (tertiary/aromatic N) is 1. The van der Waals surface area contributed by atoms with Gasteiger partial charge in [-0.3, -0.25) is 10.1 Å². The number of ether oxygens (including phenoxy) is 1. The molecule has 4 nitrogen and oxygen atoms in total. The summed E-state index contributed by atoms with van der Waals surface area (Å²) < 4.78 is 5.55. The van der Waals surface area contributed by atoms with Crippen LogP contribution in [0.2, 0.25) is 0 Å². The molecule has 1 aromatic carbocycles. The average molecular weight is 311 g/mol. The van der Waals surface area contributed by atoms with Crippen molar-refractivity contribution < 1.29 is 9.66 Å². The largest absolute Gasteiger partial charge is 0.487 e. The molecule has 0 bridgehead atoms. The molecular formula is C16H25NO3S. The number of hydrogen-bond donors (Lipinski definition) is 1. The van der Waals surface area contributed by atoms with Gasteiger partial charge in [0.05, 0.1) is 11.5 Å².